The Labute approximate surface area is 279 Å². The minimum Gasteiger partial charge on any atom is -0.381 e. The van der Waals surface area contributed by atoms with Crippen LogP contribution in [-0.4, -0.2) is 42.2 Å². The SMILES string of the molecule is CC1CCOCC1.O=CNC1CCC(c2ccc(C(OCc3c(F)cccc3F)(C(F)(F)F)C(F)(F)F)cc2)(S(=O)c2ccc(F)cc2)C1. The minimum atomic E-state index is -6.13. The number of hydrogen-bond acceptors (Lipinski definition) is 4. The topological polar surface area (TPSA) is 64.6 Å². The summed E-state index contributed by atoms with van der Waals surface area (Å²) in [5, 5.41) is 2.55. The summed E-state index contributed by atoms with van der Waals surface area (Å²) in [4.78, 5) is 11.2. The lowest BCUT2D eigenvalue weighted by atomic mass is 9.88. The molecule has 1 heterocycles. The van der Waals surface area contributed by atoms with Crippen LogP contribution < -0.4 is 5.32 Å². The molecule has 2 aliphatic rings. The van der Waals surface area contributed by atoms with Gasteiger partial charge in [-0.1, -0.05) is 37.3 Å². The third-order valence-corrected chi connectivity index (χ3v) is 10.8. The fraction of sp³-hybridized carbons (Fsp3) is 0.441. The van der Waals surface area contributed by atoms with Gasteiger partial charge in [-0.15, -0.1) is 0 Å². The Hall–Kier alpha value is -3.43. The van der Waals surface area contributed by atoms with Crippen LogP contribution in [0.25, 0.3) is 0 Å². The smallest absolute Gasteiger partial charge is 0.381 e. The lowest BCUT2D eigenvalue weighted by Gasteiger charge is -2.38. The van der Waals surface area contributed by atoms with Crippen molar-refractivity contribution < 1.29 is 58.0 Å². The highest BCUT2D eigenvalue weighted by Gasteiger charge is 2.73. The van der Waals surface area contributed by atoms with Gasteiger partial charge in [0.25, 0.3) is 5.60 Å². The molecule has 49 heavy (non-hydrogen) atoms. The average Bonchev–Trinajstić information content (AvgIpc) is 3.47. The number of carbonyl (C=O) groups is 1. The van der Waals surface area contributed by atoms with Crippen molar-refractivity contribution in [3.8, 4) is 0 Å². The third-order valence-electron chi connectivity index (χ3n) is 8.78. The molecule has 0 bridgehead atoms. The molecule has 3 aromatic carbocycles. The maximum Gasteiger partial charge on any atom is 0.430 e. The van der Waals surface area contributed by atoms with Gasteiger partial charge in [0.2, 0.25) is 6.41 Å². The van der Waals surface area contributed by atoms with Crippen LogP contribution in [0.1, 0.15) is 55.7 Å². The first-order valence-electron chi connectivity index (χ1n) is 15.3. The molecule has 5 nitrogen and oxygen atoms in total. The van der Waals surface area contributed by atoms with E-state index < -0.39 is 74.7 Å². The van der Waals surface area contributed by atoms with Crippen LogP contribution in [0, 0.1) is 23.4 Å². The second kappa shape index (κ2) is 15.6. The predicted octanol–water partition coefficient (Wildman–Crippen LogP) is 8.38. The number of amides is 1. The molecule has 1 aliphatic heterocycles. The highest BCUT2D eigenvalue weighted by Crippen LogP contribution is 2.54. The zero-order valence-electron chi connectivity index (χ0n) is 26.2. The lowest BCUT2D eigenvalue weighted by molar-refractivity contribution is -0.392. The van der Waals surface area contributed by atoms with Crippen molar-refractivity contribution in [1.29, 1.82) is 0 Å². The summed E-state index contributed by atoms with van der Waals surface area (Å²) in [5.41, 5.74) is -7.43. The van der Waals surface area contributed by atoms with E-state index in [0.717, 1.165) is 49.5 Å². The van der Waals surface area contributed by atoms with Crippen molar-refractivity contribution >= 4 is 17.2 Å². The molecule has 3 atom stereocenters. The molecular formula is C34H34F9NO4S. The number of carbonyl (C=O) groups excluding carboxylic acids is 1. The van der Waals surface area contributed by atoms with Crippen LogP contribution in [0.4, 0.5) is 39.5 Å². The Kier molecular flexibility index (Phi) is 12.2. The maximum absolute atomic E-state index is 14.3. The van der Waals surface area contributed by atoms with E-state index in [9.17, 15) is 48.5 Å². The molecule has 15 heteroatoms. The molecule has 268 valence electrons. The average molecular weight is 724 g/mol. The van der Waals surface area contributed by atoms with E-state index in [-0.39, 0.29) is 23.3 Å². The number of halogens is 9. The van der Waals surface area contributed by atoms with Crippen molar-refractivity contribution in [2.75, 3.05) is 13.2 Å². The van der Waals surface area contributed by atoms with Crippen LogP contribution in [0.2, 0.25) is 0 Å². The number of alkyl halides is 6. The Morgan fingerprint density at radius 2 is 1.45 bits per heavy atom. The van der Waals surface area contributed by atoms with Crippen molar-refractivity contribution in [3.63, 3.8) is 0 Å². The third kappa shape index (κ3) is 8.31. The van der Waals surface area contributed by atoms with E-state index in [0.29, 0.717) is 37.1 Å². The van der Waals surface area contributed by atoms with E-state index in [1.54, 1.807) is 0 Å². The molecule has 0 spiro atoms. The lowest BCUT2D eigenvalue weighted by Crippen LogP contribution is -2.56. The summed E-state index contributed by atoms with van der Waals surface area (Å²) in [5.74, 6) is -2.50. The quantitative estimate of drug-likeness (QED) is 0.178. The molecule has 1 saturated heterocycles. The molecule has 3 aromatic rings. The van der Waals surface area contributed by atoms with Crippen molar-refractivity contribution in [2.24, 2.45) is 5.92 Å². The van der Waals surface area contributed by atoms with E-state index in [1.165, 1.54) is 25.0 Å². The maximum atomic E-state index is 14.3. The second-order valence-electron chi connectivity index (χ2n) is 12.0. The number of benzene rings is 3. The van der Waals surface area contributed by atoms with Gasteiger partial charge in [-0.05, 0) is 80.0 Å². The largest absolute Gasteiger partial charge is 0.430 e. The van der Waals surface area contributed by atoms with Crippen LogP contribution in [0.3, 0.4) is 0 Å². The van der Waals surface area contributed by atoms with Crippen LogP contribution in [0.15, 0.2) is 71.6 Å². The fourth-order valence-electron chi connectivity index (χ4n) is 5.98. The molecule has 1 saturated carbocycles. The number of ether oxygens (including phenoxy) is 2. The van der Waals surface area contributed by atoms with Gasteiger partial charge in [0, 0.05) is 35.3 Å². The summed E-state index contributed by atoms with van der Waals surface area (Å²) >= 11 is 0. The molecule has 2 fully saturated rings. The molecule has 1 N–H and O–H groups in total. The molecule has 5 rings (SSSR count). The normalized spacial score (nSPS) is 21.1. The predicted molar refractivity (Wildman–Crippen MR) is 162 cm³/mol. The van der Waals surface area contributed by atoms with E-state index in [1.807, 2.05) is 0 Å². The molecule has 1 aliphatic carbocycles. The number of rotatable bonds is 9. The monoisotopic (exact) mass is 723 g/mol. The van der Waals surface area contributed by atoms with Gasteiger partial charge >= 0.3 is 12.4 Å². The van der Waals surface area contributed by atoms with Gasteiger partial charge in [0.1, 0.15) is 17.5 Å². The standard InChI is InChI=1S/C28H22F9NO3S.C6H12O/c29-19-8-10-21(11-9-19)42(40)25(13-12-20(14-25)38-16-39)17-4-6-18(7-5-17)26(27(32,33)34,28(35,36)37)41-15-22-23(30)2-1-3-24(22)31;1-6-2-4-7-5-3-6/h1-11,16,20H,12-15H2,(H,38,39);6H,2-5H2,1H3. The number of nitrogens with one attached hydrogen (secondary N) is 1. The Morgan fingerprint density at radius 1 is 0.878 bits per heavy atom. The Balaban J connectivity index is 0.000000686. The summed E-state index contributed by atoms with van der Waals surface area (Å²) in [6.45, 7) is 2.56. The molecule has 0 radical (unpaired) electrons. The molecule has 0 aromatic heterocycles. The zero-order valence-corrected chi connectivity index (χ0v) is 27.0. The number of hydrogen-bond donors (Lipinski definition) is 1. The van der Waals surface area contributed by atoms with Crippen molar-refractivity contribution in [1.82, 2.24) is 5.32 Å². The summed E-state index contributed by atoms with van der Waals surface area (Å²) in [6, 6.07) is 9.21. The second-order valence-corrected chi connectivity index (χ2v) is 13.8. The van der Waals surface area contributed by atoms with Crippen molar-refractivity contribution in [3.05, 3.63) is 101 Å². The molecule has 3 unspecified atom stereocenters. The first-order chi connectivity index (χ1) is 23.1. The highest BCUT2D eigenvalue weighted by atomic mass is 32.2. The Bertz CT molecular complexity index is 1540. The summed E-state index contributed by atoms with van der Waals surface area (Å²) in [7, 11) is -1.98. The highest BCUT2D eigenvalue weighted by molar-refractivity contribution is 7.86. The first-order valence-corrected chi connectivity index (χ1v) is 16.5. The molecular weight excluding hydrogens is 689 g/mol. The van der Waals surface area contributed by atoms with Gasteiger partial charge in [0.05, 0.1) is 22.2 Å². The molecule has 1 amide bonds. The van der Waals surface area contributed by atoms with Gasteiger partial charge in [-0.3, -0.25) is 9.00 Å². The van der Waals surface area contributed by atoms with Gasteiger partial charge < -0.3 is 14.8 Å². The zero-order chi connectivity index (χ0) is 36.0. The van der Waals surface area contributed by atoms with Crippen molar-refractivity contribution in [2.45, 2.75) is 79.3 Å². The van der Waals surface area contributed by atoms with Crippen LogP contribution >= 0.6 is 0 Å². The first kappa shape index (κ1) is 38.4. The van der Waals surface area contributed by atoms with E-state index in [2.05, 4.69) is 17.0 Å². The summed E-state index contributed by atoms with van der Waals surface area (Å²) < 4.78 is 149. The summed E-state index contributed by atoms with van der Waals surface area (Å²) in [6.07, 6.45) is -8.89. The van der Waals surface area contributed by atoms with E-state index >= 15 is 0 Å². The van der Waals surface area contributed by atoms with Crippen LogP contribution in [0.5, 0.6) is 0 Å². The van der Waals surface area contributed by atoms with Crippen LogP contribution in [-0.2, 0) is 42.0 Å². The minimum absolute atomic E-state index is 0.0157. The van der Waals surface area contributed by atoms with E-state index in [4.69, 9.17) is 4.74 Å². The fourth-order valence-corrected chi connectivity index (χ4v) is 7.82. The Morgan fingerprint density at radius 3 is 1.94 bits per heavy atom. The van der Waals surface area contributed by atoms with Gasteiger partial charge in [-0.2, -0.15) is 26.3 Å². The van der Waals surface area contributed by atoms with Gasteiger partial charge in [0.15, 0.2) is 0 Å². The van der Waals surface area contributed by atoms with Gasteiger partial charge in [-0.25, -0.2) is 13.2 Å².